The summed E-state index contributed by atoms with van der Waals surface area (Å²) in [5.74, 6) is 0.748. The van der Waals surface area contributed by atoms with Crippen molar-refractivity contribution in [2.75, 3.05) is 25.0 Å². The zero-order valence-corrected chi connectivity index (χ0v) is 18.4. The third-order valence-electron chi connectivity index (χ3n) is 7.33. The van der Waals surface area contributed by atoms with Crippen LogP contribution in [-0.2, 0) is 0 Å². The summed E-state index contributed by atoms with van der Waals surface area (Å²) in [4.78, 5) is 16.1. The minimum absolute atomic E-state index is 0.0282. The predicted molar refractivity (Wildman–Crippen MR) is 121 cm³/mol. The summed E-state index contributed by atoms with van der Waals surface area (Å²) in [5.41, 5.74) is 1.44. The number of anilines is 1. The van der Waals surface area contributed by atoms with E-state index in [1.165, 1.54) is 0 Å². The lowest BCUT2D eigenvalue weighted by atomic mass is 9.96. The number of aromatic hydroxyl groups is 1. The Morgan fingerprint density at radius 3 is 2.82 bits per heavy atom. The first-order chi connectivity index (χ1) is 16.0. The highest BCUT2D eigenvalue weighted by atomic mass is 19.1. The number of likely N-dealkylation sites (tertiary alicyclic amines) is 1. The van der Waals surface area contributed by atoms with Crippen molar-refractivity contribution in [2.45, 2.75) is 50.0 Å². The van der Waals surface area contributed by atoms with Crippen LogP contribution in [0.15, 0.2) is 34.7 Å². The largest absolute Gasteiger partial charge is 0.507 e. The van der Waals surface area contributed by atoms with Crippen LogP contribution in [0.25, 0.3) is 22.2 Å². The Kier molecular flexibility index (Phi) is 4.76. The van der Waals surface area contributed by atoms with E-state index in [0.29, 0.717) is 34.1 Å². The van der Waals surface area contributed by atoms with Gasteiger partial charge in [0.2, 0.25) is 0 Å². The highest BCUT2D eigenvalue weighted by molar-refractivity contribution is 5.97. The maximum absolute atomic E-state index is 14.9. The first-order valence-corrected chi connectivity index (χ1v) is 11.5. The number of halogens is 1. The van der Waals surface area contributed by atoms with Gasteiger partial charge in [0.1, 0.15) is 17.5 Å². The molecule has 9 heteroatoms. The van der Waals surface area contributed by atoms with Crippen molar-refractivity contribution in [1.29, 1.82) is 0 Å². The molecule has 1 aromatic carbocycles. The van der Waals surface area contributed by atoms with Crippen LogP contribution in [-0.4, -0.2) is 70.5 Å². The van der Waals surface area contributed by atoms with Crippen molar-refractivity contribution >= 4 is 22.7 Å². The smallest absolute Gasteiger partial charge is 0.289 e. The van der Waals surface area contributed by atoms with Gasteiger partial charge in [0.15, 0.2) is 11.6 Å². The molecule has 3 aliphatic rings. The lowest BCUT2D eigenvalue weighted by Crippen LogP contribution is -2.55. The van der Waals surface area contributed by atoms with E-state index in [-0.39, 0.29) is 29.5 Å². The van der Waals surface area contributed by atoms with Crippen LogP contribution in [0, 0.1) is 0 Å². The number of amides is 1. The molecule has 0 saturated carbocycles. The number of benzene rings is 1. The molecule has 3 aliphatic heterocycles. The van der Waals surface area contributed by atoms with E-state index >= 15 is 0 Å². The summed E-state index contributed by atoms with van der Waals surface area (Å²) in [5, 5.41) is 23.2. The number of hydrogen-bond donors (Lipinski definition) is 2. The van der Waals surface area contributed by atoms with Crippen LogP contribution in [0.2, 0.25) is 0 Å². The molecule has 5 heterocycles. The molecule has 2 bridgehead atoms. The molecule has 6 rings (SSSR count). The molecule has 3 fully saturated rings. The average molecular weight is 452 g/mol. The predicted octanol–water partition coefficient (Wildman–Crippen LogP) is 3.11. The topological polar surface area (TPSA) is 94.7 Å². The first-order valence-electron chi connectivity index (χ1n) is 11.5. The summed E-state index contributed by atoms with van der Waals surface area (Å²) in [7, 11) is 1.86. The number of phenols is 1. The number of alkyl halides is 1. The lowest BCUT2D eigenvalue weighted by Gasteiger charge is -2.38. The highest BCUT2D eigenvalue weighted by Crippen LogP contribution is 2.36. The molecular formula is C24H26FN5O3. The molecule has 8 nitrogen and oxygen atoms in total. The number of phenolic OH excluding ortho intramolecular Hbond substituents is 1. The van der Waals surface area contributed by atoms with Crippen LogP contribution >= 0.6 is 0 Å². The standard InChI is InChI=1S/C24H26FN5O3/c1-29(18-11-14-3-4-17(26-14)23(18)25)22-6-5-16(27-28-22)15-12-20-13(9-19(15)31)10-21(33-20)24(32)30-7-2-8-30/h5-6,9-10,12,14,17-18,23,26,31H,2-4,7-8,11H2,1H3/t14?,17?,18-,23+/m1/s1. The van der Waals surface area contributed by atoms with Crippen LogP contribution in [0.3, 0.4) is 0 Å². The number of carbonyl (C=O) groups excluding carboxylic acids is 1. The molecule has 172 valence electrons. The van der Waals surface area contributed by atoms with Gasteiger partial charge in [-0.1, -0.05) is 0 Å². The average Bonchev–Trinajstić information content (AvgIpc) is 3.38. The summed E-state index contributed by atoms with van der Waals surface area (Å²) < 4.78 is 20.7. The van der Waals surface area contributed by atoms with Crippen LogP contribution < -0.4 is 10.2 Å². The van der Waals surface area contributed by atoms with Gasteiger partial charge in [-0.05, 0) is 56.0 Å². The van der Waals surface area contributed by atoms with E-state index in [2.05, 4.69) is 15.5 Å². The zero-order chi connectivity index (χ0) is 22.7. The number of nitrogens with zero attached hydrogens (tertiary/aromatic N) is 4. The second kappa shape index (κ2) is 7.69. The molecule has 4 atom stereocenters. The third-order valence-corrected chi connectivity index (χ3v) is 7.33. The minimum atomic E-state index is -0.950. The molecule has 3 aromatic rings. The monoisotopic (exact) mass is 451 g/mol. The van der Waals surface area contributed by atoms with Crippen LogP contribution in [0.4, 0.5) is 10.2 Å². The molecule has 2 aromatic heterocycles. The number of fused-ring (bicyclic) bond motifs is 3. The van der Waals surface area contributed by atoms with Gasteiger partial charge in [-0.2, -0.15) is 0 Å². The van der Waals surface area contributed by atoms with Gasteiger partial charge in [-0.15, -0.1) is 10.2 Å². The van der Waals surface area contributed by atoms with Crippen molar-refractivity contribution in [3.63, 3.8) is 0 Å². The molecule has 2 unspecified atom stereocenters. The van der Waals surface area contributed by atoms with Crippen LogP contribution in [0.1, 0.15) is 36.2 Å². The highest BCUT2D eigenvalue weighted by Gasteiger charge is 2.43. The van der Waals surface area contributed by atoms with Gasteiger partial charge < -0.3 is 24.6 Å². The Balaban J connectivity index is 1.25. The molecule has 0 aliphatic carbocycles. The number of piperidine rings is 1. The zero-order valence-electron chi connectivity index (χ0n) is 18.4. The van der Waals surface area contributed by atoms with E-state index in [1.807, 2.05) is 11.9 Å². The van der Waals surface area contributed by atoms with E-state index < -0.39 is 6.17 Å². The Morgan fingerprint density at radius 1 is 1.24 bits per heavy atom. The van der Waals surface area contributed by atoms with E-state index in [0.717, 1.165) is 38.8 Å². The second-order valence-electron chi connectivity index (χ2n) is 9.35. The third kappa shape index (κ3) is 3.42. The molecule has 33 heavy (non-hydrogen) atoms. The van der Waals surface area contributed by atoms with Crippen molar-refractivity contribution in [2.24, 2.45) is 0 Å². The fourth-order valence-electron chi connectivity index (χ4n) is 5.24. The van der Waals surface area contributed by atoms with Crippen molar-refractivity contribution in [1.82, 2.24) is 20.4 Å². The maximum atomic E-state index is 14.9. The molecular weight excluding hydrogens is 425 g/mol. The van der Waals surface area contributed by atoms with E-state index in [9.17, 15) is 14.3 Å². The van der Waals surface area contributed by atoms with E-state index in [1.54, 1.807) is 35.2 Å². The van der Waals surface area contributed by atoms with Crippen molar-refractivity contribution in [3.05, 3.63) is 36.1 Å². The normalized spacial score (nSPS) is 26.4. The molecule has 0 spiro atoms. The molecule has 3 saturated heterocycles. The second-order valence-corrected chi connectivity index (χ2v) is 9.35. The van der Waals surface area contributed by atoms with Gasteiger partial charge in [0.05, 0.1) is 11.7 Å². The summed E-state index contributed by atoms with van der Waals surface area (Å²) >= 11 is 0. The summed E-state index contributed by atoms with van der Waals surface area (Å²) in [6, 6.07) is 8.49. The number of carbonyl (C=O) groups is 1. The fourth-order valence-corrected chi connectivity index (χ4v) is 5.24. The number of rotatable bonds is 4. The number of nitrogens with one attached hydrogen (secondary N) is 1. The Hall–Kier alpha value is -3.20. The SMILES string of the molecule is CN(c1ccc(-c2cc3oc(C(=O)N4CCC4)cc3cc2O)nn1)[C@@H]1CC2CCC(N2)[C@@H]1F. The fraction of sp³-hybridized carbons (Fsp3) is 0.458. The number of hydrogen-bond acceptors (Lipinski definition) is 7. The number of furan rings is 1. The molecule has 1 amide bonds. The van der Waals surface area contributed by atoms with Gasteiger partial charge in [0, 0.05) is 43.2 Å². The molecule has 0 radical (unpaired) electrons. The van der Waals surface area contributed by atoms with Crippen molar-refractivity contribution < 1.29 is 18.7 Å². The summed E-state index contributed by atoms with van der Waals surface area (Å²) in [6.07, 6.45) is 2.69. The Labute approximate surface area is 190 Å². The van der Waals surface area contributed by atoms with Gasteiger partial charge in [-0.25, -0.2) is 4.39 Å². The molecule has 2 N–H and O–H groups in total. The van der Waals surface area contributed by atoms with Crippen LogP contribution in [0.5, 0.6) is 5.75 Å². The minimum Gasteiger partial charge on any atom is -0.507 e. The Bertz CT molecular complexity index is 1210. The number of aromatic nitrogens is 2. The van der Waals surface area contributed by atoms with Gasteiger partial charge in [-0.3, -0.25) is 4.79 Å². The first kappa shape index (κ1) is 20.4. The van der Waals surface area contributed by atoms with Crippen molar-refractivity contribution in [3.8, 4) is 17.0 Å². The maximum Gasteiger partial charge on any atom is 0.289 e. The van der Waals surface area contributed by atoms with Gasteiger partial charge in [0.25, 0.3) is 5.91 Å². The van der Waals surface area contributed by atoms with E-state index in [4.69, 9.17) is 4.42 Å². The lowest BCUT2D eigenvalue weighted by molar-refractivity contribution is 0.0621. The quantitative estimate of drug-likeness (QED) is 0.629. The Morgan fingerprint density at radius 2 is 2.09 bits per heavy atom. The van der Waals surface area contributed by atoms with Gasteiger partial charge >= 0.3 is 0 Å². The summed E-state index contributed by atoms with van der Waals surface area (Å²) in [6.45, 7) is 1.48.